The fourth-order valence-corrected chi connectivity index (χ4v) is 2.13. The molecule has 0 amide bonds. The van der Waals surface area contributed by atoms with Crippen molar-refractivity contribution >= 4 is 17.2 Å². The monoisotopic (exact) mass is 207 g/mol. The number of pyridine rings is 1. The Morgan fingerprint density at radius 2 is 2.29 bits per heavy atom. The molecule has 0 radical (unpaired) electrons. The number of fused-ring (bicyclic) bond motifs is 3. The quantitative estimate of drug-likeness (QED) is 0.658. The largest absolute Gasteiger partial charge is 0.302 e. The molecule has 3 heterocycles. The van der Waals surface area contributed by atoms with Crippen LogP contribution in [-0.2, 0) is 13.1 Å². The number of hydrogen-bond acceptors (Lipinski definition) is 2. The van der Waals surface area contributed by atoms with Crippen molar-refractivity contribution < 1.29 is 0 Å². The van der Waals surface area contributed by atoms with Crippen molar-refractivity contribution in [1.82, 2.24) is 14.3 Å². The Balaban J connectivity index is 2.28. The Hall–Kier alpha value is -1.06. The minimum atomic E-state index is 0.745. The van der Waals surface area contributed by atoms with Gasteiger partial charge in [-0.3, -0.25) is 4.90 Å². The van der Waals surface area contributed by atoms with Gasteiger partial charge < -0.3 is 4.40 Å². The van der Waals surface area contributed by atoms with E-state index >= 15 is 0 Å². The molecule has 0 unspecified atom stereocenters. The predicted molar refractivity (Wildman–Crippen MR) is 55.4 cm³/mol. The van der Waals surface area contributed by atoms with Crippen molar-refractivity contribution in [3.63, 3.8) is 0 Å². The van der Waals surface area contributed by atoms with Gasteiger partial charge in [-0.05, 0) is 13.1 Å². The van der Waals surface area contributed by atoms with Crippen LogP contribution in [0.2, 0.25) is 5.02 Å². The lowest BCUT2D eigenvalue weighted by atomic mass is 10.4. The van der Waals surface area contributed by atoms with Gasteiger partial charge in [0.2, 0.25) is 0 Å². The molecule has 2 aromatic heterocycles. The van der Waals surface area contributed by atoms with Crippen LogP contribution in [0.1, 0.15) is 11.4 Å². The standard InChI is InChI=1S/C10H10ClN3/c1-13-5-8-9(6-13)14-3-2-7(11)4-10(14)12-8/h2-4H,5-6H2,1H3. The van der Waals surface area contributed by atoms with Crippen LogP contribution >= 0.6 is 11.6 Å². The molecule has 14 heavy (non-hydrogen) atoms. The van der Waals surface area contributed by atoms with Gasteiger partial charge in [0.25, 0.3) is 0 Å². The summed E-state index contributed by atoms with van der Waals surface area (Å²) in [6.07, 6.45) is 1.99. The lowest BCUT2D eigenvalue weighted by Crippen LogP contribution is -2.09. The van der Waals surface area contributed by atoms with Gasteiger partial charge in [-0.15, -0.1) is 0 Å². The van der Waals surface area contributed by atoms with Gasteiger partial charge in [-0.25, -0.2) is 4.98 Å². The van der Waals surface area contributed by atoms with Crippen LogP contribution in [0.5, 0.6) is 0 Å². The number of nitrogens with zero attached hydrogens (tertiary/aromatic N) is 3. The minimum Gasteiger partial charge on any atom is -0.302 e. The van der Waals surface area contributed by atoms with Gasteiger partial charge in [-0.1, -0.05) is 11.6 Å². The highest BCUT2D eigenvalue weighted by molar-refractivity contribution is 6.30. The molecule has 0 saturated heterocycles. The summed E-state index contributed by atoms with van der Waals surface area (Å²) in [6, 6.07) is 3.80. The molecular weight excluding hydrogens is 198 g/mol. The van der Waals surface area contributed by atoms with E-state index in [1.54, 1.807) is 0 Å². The van der Waals surface area contributed by atoms with E-state index in [1.807, 2.05) is 18.3 Å². The first kappa shape index (κ1) is 8.26. The van der Waals surface area contributed by atoms with Crippen molar-refractivity contribution in [2.24, 2.45) is 0 Å². The summed E-state index contributed by atoms with van der Waals surface area (Å²) in [5.74, 6) is 0. The van der Waals surface area contributed by atoms with Crippen LogP contribution in [0, 0.1) is 0 Å². The zero-order chi connectivity index (χ0) is 9.71. The maximum absolute atomic E-state index is 5.91. The van der Waals surface area contributed by atoms with Gasteiger partial charge >= 0.3 is 0 Å². The van der Waals surface area contributed by atoms with Crippen molar-refractivity contribution in [3.8, 4) is 0 Å². The first-order chi connectivity index (χ1) is 6.74. The fraction of sp³-hybridized carbons (Fsp3) is 0.300. The Kier molecular flexibility index (Phi) is 1.60. The zero-order valence-electron chi connectivity index (χ0n) is 7.87. The fourth-order valence-electron chi connectivity index (χ4n) is 1.98. The van der Waals surface area contributed by atoms with Gasteiger partial charge in [0.15, 0.2) is 0 Å². The molecule has 0 spiro atoms. The smallest absolute Gasteiger partial charge is 0.138 e. The van der Waals surface area contributed by atoms with Crippen molar-refractivity contribution in [1.29, 1.82) is 0 Å². The van der Waals surface area contributed by atoms with E-state index in [4.69, 9.17) is 11.6 Å². The summed E-state index contributed by atoms with van der Waals surface area (Å²) >= 11 is 5.91. The molecule has 1 aliphatic heterocycles. The Bertz CT molecular complexity index is 503. The minimum absolute atomic E-state index is 0.745. The van der Waals surface area contributed by atoms with E-state index in [2.05, 4.69) is 21.3 Å². The highest BCUT2D eigenvalue weighted by Crippen LogP contribution is 2.23. The molecule has 0 saturated carbocycles. The lowest BCUT2D eigenvalue weighted by Gasteiger charge is -2.05. The van der Waals surface area contributed by atoms with E-state index in [0.717, 1.165) is 23.8 Å². The molecule has 4 heteroatoms. The normalized spacial score (nSPS) is 16.4. The number of imidazole rings is 1. The molecular formula is C10H10ClN3. The topological polar surface area (TPSA) is 20.5 Å². The summed E-state index contributed by atoms with van der Waals surface area (Å²) in [7, 11) is 2.10. The summed E-state index contributed by atoms with van der Waals surface area (Å²) in [4.78, 5) is 6.79. The SMILES string of the molecule is CN1Cc2nc3cc(Cl)ccn3c2C1. The number of rotatable bonds is 0. The Morgan fingerprint density at radius 1 is 1.43 bits per heavy atom. The maximum Gasteiger partial charge on any atom is 0.138 e. The number of aromatic nitrogens is 2. The maximum atomic E-state index is 5.91. The molecule has 0 fully saturated rings. The van der Waals surface area contributed by atoms with Crippen LogP contribution in [0.3, 0.4) is 0 Å². The summed E-state index contributed by atoms with van der Waals surface area (Å²) in [6.45, 7) is 1.91. The van der Waals surface area contributed by atoms with Gasteiger partial charge in [0, 0.05) is 30.4 Å². The zero-order valence-corrected chi connectivity index (χ0v) is 8.62. The molecule has 0 atom stereocenters. The summed E-state index contributed by atoms with van der Waals surface area (Å²) in [5.41, 5.74) is 3.42. The molecule has 72 valence electrons. The molecule has 3 rings (SSSR count). The molecule has 3 nitrogen and oxygen atoms in total. The van der Waals surface area contributed by atoms with E-state index in [9.17, 15) is 0 Å². The molecule has 0 aromatic carbocycles. The van der Waals surface area contributed by atoms with Crippen LogP contribution in [0.4, 0.5) is 0 Å². The predicted octanol–water partition coefficient (Wildman–Crippen LogP) is 1.93. The molecule has 1 aliphatic rings. The molecule has 2 aromatic rings. The van der Waals surface area contributed by atoms with Crippen molar-refractivity contribution in [2.75, 3.05) is 7.05 Å². The Morgan fingerprint density at radius 3 is 3.14 bits per heavy atom. The van der Waals surface area contributed by atoms with E-state index in [0.29, 0.717) is 0 Å². The molecule has 0 N–H and O–H groups in total. The summed E-state index contributed by atoms with van der Waals surface area (Å²) in [5, 5.41) is 0.745. The van der Waals surface area contributed by atoms with E-state index in [-0.39, 0.29) is 0 Å². The second-order valence-corrected chi connectivity index (χ2v) is 4.19. The summed E-state index contributed by atoms with van der Waals surface area (Å²) < 4.78 is 2.12. The molecule has 0 aliphatic carbocycles. The van der Waals surface area contributed by atoms with Gasteiger partial charge in [-0.2, -0.15) is 0 Å². The Labute approximate surface area is 86.9 Å². The van der Waals surface area contributed by atoms with Crippen LogP contribution in [0.25, 0.3) is 5.65 Å². The lowest BCUT2D eigenvalue weighted by molar-refractivity contribution is 0.347. The van der Waals surface area contributed by atoms with Crippen molar-refractivity contribution in [3.05, 3.63) is 34.7 Å². The highest BCUT2D eigenvalue weighted by atomic mass is 35.5. The second kappa shape index (κ2) is 2.72. The molecule has 0 bridgehead atoms. The van der Waals surface area contributed by atoms with Crippen molar-refractivity contribution in [2.45, 2.75) is 13.1 Å². The number of halogens is 1. The first-order valence-electron chi connectivity index (χ1n) is 4.58. The third kappa shape index (κ3) is 1.06. The van der Waals surface area contributed by atoms with E-state index in [1.165, 1.54) is 11.4 Å². The van der Waals surface area contributed by atoms with Gasteiger partial charge in [0.1, 0.15) is 5.65 Å². The number of hydrogen-bond donors (Lipinski definition) is 0. The van der Waals surface area contributed by atoms with Gasteiger partial charge in [0.05, 0.1) is 11.4 Å². The highest BCUT2D eigenvalue weighted by Gasteiger charge is 2.21. The second-order valence-electron chi connectivity index (χ2n) is 3.75. The average molecular weight is 208 g/mol. The third-order valence-electron chi connectivity index (χ3n) is 2.61. The van der Waals surface area contributed by atoms with Crippen LogP contribution in [0.15, 0.2) is 18.3 Å². The average Bonchev–Trinajstić information content (AvgIpc) is 2.59. The first-order valence-corrected chi connectivity index (χ1v) is 4.96. The van der Waals surface area contributed by atoms with Crippen LogP contribution in [-0.4, -0.2) is 21.3 Å². The third-order valence-corrected chi connectivity index (χ3v) is 2.84. The van der Waals surface area contributed by atoms with E-state index < -0.39 is 0 Å². The van der Waals surface area contributed by atoms with Crippen LogP contribution < -0.4 is 0 Å².